The Morgan fingerprint density at radius 3 is 2.63 bits per heavy atom. The van der Waals surface area contributed by atoms with Crippen LogP contribution in [0.5, 0.6) is 11.5 Å². The monoisotopic (exact) mass is 521 g/mol. The van der Waals surface area contributed by atoms with E-state index in [4.69, 9.17) is 14.9 Å². The van der Waals surface area contributed by atoms with Gasteiger partial charge in [0.25, 0.3) is 5.91 Å². The van der Waals surface area contributed by atoms with E-state index in [1.807, 2.05) is 56.3 Å². The van der Waals surface area contributed by atoms with Crippen LogP contribution in [-0.4, -0.2) is 33.6 Å². The van der Waals surface area contributed by atoms with Crippen LogP contribution in [0, 0.1) is 23.7 Å². The summed E-state index contributed by atoms with van der Waals surface area (Å²) in [5.74, 6) is 0.462. The largest absolute Gasteiger partial charge is 0.490 e. The van der Waals surface area contributed by atoms with Gasteiger partial charge < -0.3 is 9.47 Å². The van der Waals surface area contributed by atoms with E-state index in [9.17, 15) is 10.1 Å². The Kier molecular flexibility index (Phi) is 7.07. The maximum absolute atomic E-state index is 12.9. The third-order valence-electron chi connectivity index (χ3n) is 5.85. The zero-order valence-electron chi connectivity index (χ0n) is 20.8. The van der Waals surface area contributed by atoms with Crippen molar-refractivity contribution >= 4 is 39.8 Å². The normalized spacial score (nSPS) is 15.6. The molecule has 0 bridgehead atoms. The van der Waals surface area contributed by atoms with Crippen molar-refractivity contribution in [3.8, 4) is 17.6 Å². The molecule has 0 fully saturated rings. The van der Waals surface area contributed by atoms with Crippen LogP contribution in [-0.2, 0) is 11.4 Å². The number of carbonyl (C=O) groups is 1. The minimum Gasteiger partial charge on any atom is -0.490 e. The fraction of sp³-hybridized carbons (Fsp3) is 0.138. The predicted octanol–water partition coefficient (Wildman–Crippen LogP) is 5.51. The molecule has 2 aliphatic rings. The molecule has 0 atom stereocenters. The Morgan fingerprint density at radius 1 is 1.08 bits per heavy atom. The molecule has 0 saturated heterocycles. The zero-order chi connectivity index (χ0) is 26.6. The number of benzene rings is 3. The van der Waals surface area contributed by atoms with E-state index in [2.05, 4.69) is 16.2 Å². The molecule has 0 aliphatic carbocycles. The minimum absolute atomic E-state index is 0.0407. The van der Waals surface area contributed by atoms with Gasteiger partial charge in [0.2, 0.25) is 5.17 Å². The summed E-state index contributed by atoms with van der Waals surface area (Å²) < 4.78 is 11.8. The number of amides is 1. The van der Waals surface area contributed by atoms with Crippen molar-refractivity contribution in [3.63, 3.8) is 0 Å². The molecule has 0 unspecified atom stereocenters. The van der Waals surface area contributed by atoms with E-state index in [0.29, 0.717) is 39.4 Å². The number of hydrogen-bond acceptors (Lipinski definition) is 7. The molecule has 188 valence electrons. The first-order chi connectivity index (χ1) is 18.5. The van der Waals surface area contributed by atoms with E-state index in [1.54, 1.807) is 30.3 Å². The third kappa shape index (κ3) is 5.08. The number of nitrogens with zero attached hydrogens (tertiary/aromatic N) is 4. The SMILES string of the molecule is CCOc1cc(/C=C2/C(=N)N3N=C(c4ccc(C)cc4)SC3=NC2=O)ccc1OCc1ccccc1C#N. The molecule has 2 heterocycles. The van der Waals surface area contributed by atoms with E-state index in [1.165, 1.54) is 16.8 Å². The highest BCUT2D eigenvalue weighted by atomic mass is 32.2. The van der Waals surface area contributed by atoms with Crippen molar-refractivity contribution < 1.29 is 14.3 Å². The number of rotatable bonds is 7. The average Bonchev–Trinajstić information content (AvgIpc) is 3.35. The first kappa shape index (κ1) is 25.0. The van der Waals surface area contributed by atoms with Crippen molar-refractivity contribution in [1.29, 1.82) is 10.7 Å². The lowest BCUT2D eigenvalue weighted by Crippen LogP contribution is -2.35. The highest BCUT2D eigenvalue weighted by Crippen LogP contribution is 2.33. The summed E-state index contributed by atoms with van der Waals surface area (Å²) in [4.78, 5) is 17.0. The van der Waals surface area contributed by atoms with Gasteiger partial charge in [-0.15, -0.1) is 0 Å². The quantitative estimate of drug-likeness (QED) is 0.410. The first-order valence-corrected chi connectivity index (χ1v) is 12.7. The van der Waals surface area contributed by atoms with Crippen LogP contribution >= 0.6 is 11.8 Å². The van der Waals surface area contributed by atoms with Crippen molar-refractivity contribution in [2.45, 2.75) is 20.5 Å². The maximum atomic E-state index is 12.9. The van der Waals surface area contributed by atoms with Gasteiger partial charge in [0.05, 0.1) is 23.8 Å². The number of fused-ring (bicyclic) bond motifs is 1. The Hall–Kier alpha value is -4.68. The van der Waals surface area contributed by atoms with Gasteiger partial charge in [-0.05, 0) is 55.4 Å². The van der Waals surface area contributed by atoms with Crippen molar-refractivity contribution in [1.82, 2.24) is 5.01 Å². The molecule has 0 saturated carbocycles. The summed E-state index contributed by atoms with van der Waals surface area (Å²) in [6.07, 6.45) is 1.60. The minimum atomic E-state index is -0.500. The first-order valence-electron chi connectivity index (χ1n) is 11.9. The number of ether oxygens (including phenoxy) is 2. The number of aliphatic imine (C=N–C) groups is 1. The molecule has 0 spiro atoms. The van der Waals surface area contributed by atoms with Gasteiger partial charge in [-0.2, -0.15) is 20.4 Å². The number of nitrogens with one attached hydrogen (secondary N) is 1. The van der Waals surface area contributed by atoms with Gasteiger partial charge in [-0.25, -0.2) is 0 Å². The topological polar surface area (TPSA) is 111 Å². The second-order valence-corrected chi connectivity index (χ2v) is 9.44. The number of hydrogen-bond donors (Lipinski definition) is 1. The third-order valence-corrected chi connectivity index (χ3v) is 6.81. The van der Waals surface area contributed by atoms with Gasteiger partial charge >= 0.3 is 0 Å². The Bertz CT molecular complexity index is 1570. The van der Waals surface area contributed by atoms with Gasteiger partial charge in [-0.3, -0.25) is 10.2 Å². The number of hydrazone groups is 1. The van der Waals surface area contributed by atoms with E-state index in [0.717, 1.165) is 16.7 Å². The van der Waals surface area contributed by atoms with Crippen LogP contribution in [0.2, 0.25) is 0 Å². The Morgan fingerprint density at radius 2 is 1.87 bits per heavy atom. The van der Waals surface area contributed by atoms with Crippen LogP contribution < -0.4 is 9.47 Å². The number of thioether (sulfide) groups is 1. The summed E-state index contributed by atoms with van der Waals surface area (Å²) in [6.45, 7) is 4.49. The maximum Gasteiger partial charge on any atom is 0.283 e. The van der Waals surface area contributed by atoms with Crippen molar-refractivity contribution in [2.24, 2.45) is 10.1 Å². The lowest BCUT2D eigenvalue weighted by molar-refractivity contribution is -0.114. The Labute approximate surface area is 224 Å². The molecule has 0 radical (unpaired) electrons. The highest BCUT2D eigenvalue weighted by molar-refractivity contribution is 8.27. The fourth-order valence-corrected chi connectivity index (χ4v) is 4.78. The lowest BCUT2D eigenvalue weighted by Gasteiger charge is -2.20. The lowest BCUT2D eigenvalue weighted by atomic mass is 10.1. The van der Waals surface area contributed by atoms with Gasteiger partial charge in [0.15, 0.2) is 17.3 Å². The van der Waals surface area contributed by atoms with Gasteiger partial charge in [-0.1, -0.05) is 54.1 Å². The molecule has 38 heavy (non-hydrogen) atoms. The molecule has 5 rings (SSSR count). The number of aryl methyl sites for hydroxylation is 1. The predicted molar refractivity (Wildman–Crippen MR) is 148 cm³/mol. The second-order valence-electron chi connectivity index (χ2n) is 8.49. The van der Waals surface area contributed by atoms with Crippen molar-refractivity contribution in [2.75, 3.05) is 6.61 Å². The summed E-state index contributed by atoms with van der Waals surface area (Å²) in [6, 6.07) is 22.6. The molecule has 3 aromatic rings. The van der Waals surface area contributed by atoms with Gasteiger partial charge in [0, 0.05) is 11.1 Å². The molecule has 1 amide bonds. The van der Waals surface area contributed by atoms with E-state index < -0.39 is 5.91 Å². The molecular formula is C29H23N5O3S. The summed E-state index contributed by atoms with van der Waals surface area (Å²) in [5.41, 5.74) is 4.14. The second kappa shape index (κ2) is 10.7. The van der Waals surface area contributed by atoms with Crippen LogP contribution in [0.25, 0.3) is 6.08 Å². The zero-order valence-corrected chi connectivity index (χ0v) is 21.6. The molecule has 3 aromatic carbocycles. The van der Waals surface area contributed by atoms with Crippen molar-refractivity contribution in [3.05, 3.63) is 100 Å². The molecule has 2 aliphatic heterocycles. The van der Waals surface area contributed by atoms with Crippen LogP contribution in [0.3, 0.4) is 0 Å². The fourth-order valence-electron chi connectivity index (χ4n) is 3.88. The summed E-state index contributed by atoms with van der Waals surface area (Å²) >= 11 is 1.27. The van der Waals surface area contributed by atoms with E-state index >= 15 is 0 Å². The van der Waals surface area contributed by atoms with Crippen LogP contribution in [0.1, 0.15) is 34.7 Å². The standard InChI is InChI=1S/C29H23N5O3S/c1-3-36-25-15-19(10-13-24(25)37-17-22-7-5-4-6-21(22)16-30)14-23-26(31)34-29(32-27(23)35)38-28(33-34)20-11-8-18(2)9-12-20/h4-15,31H,3,17H2,1-2H3/b23-14-,31-26?. The molecule has 1 N–H and O–H groups in total. The molecule has 0 aromatic heterocycles. The number of amidine groups is 2. The summed E-state index contributed by atoms with van der Waals surface area (Å²) in [7, 11) is 0. The molecule has 9 heteroatoms. The van der Waals surface area contributed by atoms with E-state index in [-0.39, 0.29) is 18.0 Å². The van der Waals surface area contributed by atoms with Crippen LogP contribution in [0.15, 0.2) is 82.4 Å². The Balaban J connectivity index is 1.39. The van der Waals surface area contributed by atoms with Gasteiger partial charge in [0.1, 0.15) is 11.7 Å². The molecular weight excluding hydrogens is 498 g/mol. The smallest absolute Gasteiger partial charge is 0.283 e. The highest BCUT2D eigenvalue weighted by Gasteiger charge is 2.36. The average molecular weight is 522 g/mol. The number of carbonyl (C=O) groups excluding carboxylic acids is 1. The van der Waals surface area contributed by atoms with Crippen LogP contribution in [0.4, 0.5) is 0 Å². The molecule has 8 nitrogen and oxygen atoms in total. The number of nitriles is 1. The summed E-state index contributed by atoms with van der Waals surface area (Å²) in [5, 5.41) is 25.0.